The van der Waals surface area contributed by atoms with Crippen LogP contribution in [0.2, 0.25) is 0 Å². The molecule has 4 rings (SSSR count). The van der Waals surface area contributed by atoms with E-state index in [1.807, 2.05) is 62.4 Å². The fraction of sp³-hybridized carbons (Fsp3) is 0.348. The molecule has 156 valence electrons. The van der Waals surface area contributed by atoms with E-state index in [1.165, 1.54) is 0 Å². The number of H-pyrrole nitrogens is 1. The third-order valence-corrected chi connectivity index (χ3v) is 5.54. The zero-order chi connectivity index (χ0) is 21.3. The van der Waals surface area contributed by atoms with Crippen LogP contribution in [0.4, 0.5) is 5.69 Å². The van der Waals surface area contributed by atoms with E-state index in [4.69, 9.17) is 4.74 Å². The van der Waals surface area contributed by atoms with Crippen molar-refractivity contribution in [2.24, 2.45) is 11.8 Å². The molecule has 1 aliphatic rings. The van der Waals surface area contributed by atoms with Gasteiger partial charge in [0.25, 0.3) is 0 Å². The minimum atomic E-state index is -0.423. The zero-order valence-corrected chi connectivity index (χ0v) is 17.4. The number of carbonyl (C=O) groups is 2. The molecule has 7 nitrogen and oxygen atoms in total. The van der Waals surface area contributed by atoms with Gasteiger partial charge in [-0.25, -0.2) is 4.98 Å². The van der Waals surface area contributed by atoms with Gasteiger partial charge in [0.1, 0.15) is 11.6 Å². The lowest BCUT2D eigenvalue weighted by molar-refractivity contribution is -0.127. The van der Waals surface area contributed by atoms with Crippen LogP contribution in [0.1, 0.15) is 32.1 Å². The lowest BCUT2D eigenvalue weighted by atomic mass is 10.0. The van der Waals surface area contributed by atoms with E-state index in [1.54, 1.807) is 12.0 Å². The molecule has 2 N–H and O–H groups in total. The average molecular weight is 406 g/mol. The number of rotatable bonds is 6. The number of imidazole rings is 1. The van der Waals surface area contributed by atoms with Gasteiger partial charge in [0.2, 0.25) is 11.8 Å². The summed E-state index contributed by atoms with van der Waals surface area (Å²) in [4.78, 5) is 35.3. The van der Waals surface area contributed by atoms with Crippen molar-refractivity contribution < 1.29 is 14.3 Å². The normalized spacial score (nSPS) is 17.5. The van der Waals surface area contributed by atoms with Crippen molar-refractivity contribution in [1.82, 2.24) is 15.3 Å². The molecule has 1 saturated heterocycles. The number of hydrogen-bond acceptors (Lipinski definition) is 4. The Labute approximate surface area is 175 Å². The van der Waals surface area contributed by atoms with Crippen LogP contribution in [0.3, 0.4) is 0 Å². The number of fused-ring (bicyclic) bond motifs is 1. The van der Waals surface area contributed by atoms with Crippen LogP contribution in [-0.4, -0.2) is 35.4 Å². The summed E-state index contributed by atoms with van der Waals surface area (Å²) >= 11 is 0. The van der Waals surface area contributed by atoms with E-state index in [2.05, 4.69) is 15.3 Å². The first-order valence-corrected chi connectivity index (χ1v) is 10.2. The van der Waals surface area contributed by atoms with Crippen LogP contribution in [0.15, 0.2) is 48.5 Å². The molecule has 3 aromatic rings. The highest BCUT2D eigenvalue weighted by Crippen LogP contribution is 2.33. The number of nitrogens with zero attached hydrogens (tertiary/aromatic N) is 2. The Hall–Kier alpha value is -3.35. The van der Waals surface area contributed by atoms with Gasteiger partial charge in [-0.15, -0.1) is 0 Å². The van der Waals surface area contributed by atoms with Gasteiger partial charge in [-0.05, 0) is 30.2 Å². The molecule has 0 aliphatic carbocycles. The van der Waals surface area contributed by atoms with E-state index in [-0.39, 0.29) is 30.2 Å². The Morgan fingerprint density at radius 3 is 2.67 bits per heavy atom. The van der Waals surface area contributed by atoms with Gasteiger partial charge < -0.3 is 19.9 Å². The molecule has 1 aliphatic heterocycles. The second kappa shape index (κ2) is 8.18. The molecule has 2 aromatic carbocycles. The molecule has 2 heterocycles. The van der Waals surface area contributed by atoms with Gasteiger partial charge in [0, 0.05) is 13.0 Å². The lowest BCUT2D eigenvalue weighted by Crippen LogP contribution is -2.38. The summed E-state index contributed by atoms with van der Waals surface area (Å²) in [5.41, 5.74) is 2.49. The Balaban J connectivity index is 1.51. The molecule has 0 saturated carbocycles. The maximum Gasteiger partial charge on any atom is 0.227 e. The zero-order valence-electron chi connectivity index (χ0n) is 17.4. The lowest BCUT2D eigenvalue weighted by Gasteiger charge is -2.23. The number of methoxy groups -OCH3 is 1. The summed E-state index contributed by atoms with van der Waals surface area (Å²) in [6, 6.07) is 14.9. The number of benzene rings is 2. The average Bonchev–Trinajstić information content (AvgIpc) is 3.35. The summed E-state index contributed by atoms with van der Waals surface area (Å²) in [5, 5.41) is 3.11. The third kappa shape index (κ3) is 3.75. The fourth-order valence-electron chi connectivity index (χ4n) is 3.91. The minimum absolute atomic E-state index is 0.0792. The molecule has 2 atom stereocenters. The van der Waals surface area contributed by atoms with Crippen molar-refractivity contribution in [3.8, 4) is 5.75 Å². The first-order chi connectivity index (χ1) is 14.5. The summed E-state index contributed by atoms with van der Waals surface area (Å²) in [6.45, 7) is 4.41. The Bertz CT molecular complexity index is 1040. The number of hydrogen-bond donors (Lipinski definition) is 2. The van der Waals surface area contributed by atoms with Gasteiger partial charge in [0.05, 0.1) is 35.8 Å². The van der Waals surface area contributed by atoms with Gasteiger partial charge in [-0.2, -0.15) is 0 Å². The van der Waals surface area contributed by atoms with Gasteiger partial charge in [0.15, 0.2) is 0 Å². The SMILES string of the molecule is COc1ccccc1N1C[C@@H](C(=O)N[C@H](c2nc3ccccc3[nH]2)C(C)C)CC1=O. The topological polar surface area (TPSA) is 87.3 Å². The minimum Gasteiger partial charge on any atom is -0.495 e. The van der Waals surface area contributed by atoms with E-state index >= 15 is 0 Å². The predicted octanol–water partition coefficient (Wildman–Crippen LogP) is 3.44. The number of aromatic nitrogens is 2. The number of anilines is 1. The molecule has 1 fully saturated rings. The number of ether oxygens (including phenoxy) is 1. The Morgan fingerprint density at radius 1 is 1.20 bits per heavy atom. The van der Waals surface area contributed by atoms with E-state index < -0.39 is 5.92 Å². The predicted molar refractivity (Wildman–Crippen MR) is 115 cm³/mol. The van der Waals surface area contributed by atoms with Gasteiger partial charge >= 0.3 is 0 Å². The van der Waals surface area contributed by atoms with E-state index in [0.29, 0.717) is 18.0 Å². The number of amides is 2. The molecule has 0 spiro atoms. The molecular weight excluding hydrogens is 380 g/mol. The highest BCUT2D eigenvalue weighted by Gasteiger charge is 2.37. The summed E-state index contributed by atoms with van der Waals surface area (Å²) in [6.07, 6.45) is 0.175. The third-order valence-electron chi connectivity index (χ3n) is 5.54. The second-order valence-electron chi connectivity index (χ2n) is 7.95. The number of para-hydroxylation sites is 4. The quantitative estimate of drug-likeness (QED) is 0.656. The molecule has 0 unspecified atom stereocenters. The largest absolute Gasteiger partial charge is 0.495 e. The monoisotopic (exact) mass is 406 g/mol. The molecule has 0 radical (unpaired) electrons. The van der Waals surface area contributed by atoms with Crippen LogP contribution in [-0.2, 0) is 9.59 Å². The van der Waals surface area contributed by atoms with Crippen LogP contribution < -0.4 is 15.0 Å². The standard InChI is InChI=1S/C23H26N4O3/c1-14(2)21(22-24-16-8-4-5-9-17(16)25-22)26-23(29)15-12-20(28)27(13-15)18-10-6-7-11-19(18)30-3/h4-11,14-15,21H,12-13H2,1-3H3,(H,24,25)(H,26,29)/t15-,21-/m0/s1. The second-order valence-corrected chi connectivity index (χ2v) is 7.95. The van der Waals surface area contributed by atoms with Crippen LogP contribution >= 0.6 is 0 Å². The van der Waals surface area contributed by atoms with Gasteiger partial charge in [-0.1, -0.05) is 38.1 Å². The molecule has 2 amide bonds. The van der Waals surface area contributed by atoms with Gasteiger partial charge in [-0.3, -0.25) is 9.59 Å². The molecule has 30 heavy (non-hydrogen) atoms. The Morgan fingerprint density at radius 2 is 1.93 bits per heavy atom. The number of nitrogens with one attached hydrogen (secondary N) is 2. The van der Waals surface area contributed by atoms with Crippen molar-refractivity contribution in [2.75, 3.05) is 18.6 Å². The molecular formula is C23H26N4O3. The summed E-state index contributed by atoms with van der Waals surface area (Å²) in [7, 11) is 1.57. The van der Waals surface area contributed by atoms with Crippen molar-refractivity contribution in [3.05, 3.63) is 54.4 Å². The smallest absolute Gasteiger partial charge is 0.227 e. The highest BCUT2D eigenvalue weighted by atomic mass is 16.5. The highest BCUT2D eigenvalue weighted by molar-refractivity contribution is 6.01. The number of aromatic amines is 1. The van der Waals surface area contributed by atoms with Crippen LogP contribution in [0, 0.1) is 11.8 Å². The summed E-state index contributed by atoms with van der Waals surface area (Å²) in [5.74, 6) is 0.842. The van der Waals surface area contributed by atoms with Crippen molar-refractivity contribution >= 4 is 28.5 Å². The maximum absolute atomic E-state index is 13.1. The molecule has 7 heteroatoms. The van der Waals surface area contributed by atoms with E-state index in [9.17, 15) is 9.59 Å². The van der Waals surface area contributed by atoms with Crippen LogP contribution in [0.25, 0.3) is 11.0 Å². The molecule has 1 aromatic heterocycles. The molecule has 0 bridgehead atoms. The van der Waals surface area contributed by atoms with E-state index in [0.717, 1.165) is 16.9 Å². The Kier molecular flexibility index (Phi) is 5.44. The van der Waals surface area contributed by atoms with Crippen LogP contribution in [0.5, 0.6) is 5.75 Å². The maximum atomic E-state index is 13.1. The summed E-state index contributed by atoms with van der Waals surface area (Å²) < 4.78 is 5.38. The first-order valence-electron chi connectivity index (χ1n) is 10.2. The van der Waals surface area contributed by atoms with Crippen molar-refractivity contribution in [1.29, 1.82) is 0 Å². The fourth-order valence-corrected chi connectivity index (χ4v) is 3.91. The van der Waals surface area contributed by atoms with Crippen molar-refractivity contribution in [3.63, 3.8) is 0 Å². The first kappa shape index (κ1) is 19.9. The van der Waals surface area contributed by atoms with Crippen molar-refractivity contribution in [2.45, 2.75) is 26.3 Å². The number of carbonyl (C=O) groups excluding carboxylic acids is 2.